The second-order valence-corrected chi connectivity index (χ2v) is 5.65. The summed E-state index contributed by atoms with van der Waals surface area (Å²) in [6, 6.07) is 9.09. The van der Waals surface area contributed by atoms with Crippen molar-refractivity contribution in [2.24, 2.45) is 11.7 Å². The fourth-order valence-corrected chi connectivity index (χ4v) is 2.22. The van der Waals surface area contributed by atoms with Crippen LogP contribution in [0.15, 0.2) is 34.7 Å². The first-order valence-corrected chi connectivity index (χ1v) is 7.01. The third-order valence-electron chi connectivity index (χ3n) is 3.29. The Morgan fingerprint density at radius 1 is 1.29 bits per heavy atom. The molecule has 2 atom stereocenters. The van der Waals surface area contributed by atoms with Crippen LogP contribution in [0.4, 0.5) is 0 Å². The largest absolute Gasteiger partial charge is 0.459 e. The molecule has 0 saturated carbocycles. The molecule has 0 saturated heterocycles. The van der Waals surface area contributed by atoms with E-state index in [1.54, 1.807) is 0 Å². The molecule has 0 spiro atoms. The molecule has 3 N–H and O–H groups in total. The summed E-state index contributed by atoms with van der Waals surface area (Å²) < 4.78 is 5.74. The first-order valence-electron chi connectivity index (χ1n) is 7.01. The van der Waals surface area contributed by atoms with Crippen molar-refractivity contribution in [3.63, 3.8) is 0 Å². The minimum atomic E-state index is -0.471. The lowest BCUT2D eigenvalue weighted by Crippen LogP contribution is -2.42. The molecule has 21 heavy (non-hydrogen) atoms. The third-order valence-corrected chi connectivity index (χ3v) is 3.29. The number of hydrogen-bond acceptors (Lipinski definition) is 3. The molecule has 2 rings (SSSR count). The van der Waals surface area contributed by atoms with Crippen LogP contribution in [0.2, 0.25) is 0 Å². The highest BCUT2D eigenvalue weighted by molar-refractivity contribution is 5.85. The van der Waals surface area contributed by atoms with E-state index in [4.69, 9.17) is 10.2 Å². The first-order chi connectivity index (χ1) is 9.47. The maximum atomic E-state index is 12.0. The van der Waals surface area contributed by atoms with Crippen molar-refractivity contribution >= 4 is 29.3 Å². The van der Waals surface area contributed by atoms with Gasteiger partial charge in [0.2, 0.25) is 5.91 Å². The molecule has 0 aliphatic rings. The standard InChI is InChI=1S/C16H22N2O2.ClH/c1-10(2)8-13(17)16(19)18-11(3)15-9-12-6-4-5-7-14(12)20-15;/h4-7,9-11,13H,8,17H2,1-3H3,(H,18,19);1H/t11?,13-;/m0./s1. The van der Waals surface area contributed by atoms with Crippen molar-refractivity contribution in [1.82, 2.24) is 5.32 Å². The Bertz CT molecular complexity index is 562. The molecular weight excluding hydrogens is 288 g/mol. The molecule has 1 unspecified atom stereocenters. The monoisotopic (exact) mass is 310 g/mol. The van der Waals surface area contributed by atoms with Gasteiger partial charge in [-0.1, -0.05) is 32.0 Å². The molecule has 1 amide bonds. The Balaban J connectivity index is 0.00000220. The number of furan rings is 1. The number of amides is 1. The summed E-state index contributed by atoms with van der Waals surface area (Å²) in [5, 5.41) is 3.94. The summed E-state index contributed by atoms with van der Waals surface area (Å²) >= 11 is 0. The molecule has 5 heteroatoms. The predicted molar refractivity (Wildman–Crippen MR) is 87.5 cm³/mol. The summed E-state index contributed by atoms with van der Waals surface area (Å²) in [4.78, 5) is 12.0. The number of hydrogen-bond donors (Lipinski definition) is 2. The van der Waals surface area contributed by atoms with Crippen LogP contribution in [0.25, 0.3) is 11.0 Å². The van der Waals surface area contributed by atoms with Crippen molar-refractivity contribution in [2.75, 3.05) is 0 Å². The predicted octanol–water partition coefficient (Wildman–Crippen LogP) is 3.41. The number of nitrogens with two attached hydrogens (primary N) is 1. The number of para-hydroxylation sites is 1. The summed E-state index contributed by atoms with van der Waals surface area (Å²) in [5.41, 5.74) is 6.71. The number of fused-ring (bicyclic) bond motifs is 1. The average Bonchev–Trinajstić information content (AvgIpc) is 2.81. The van der Waals surface area contributed by atoms with Gasteiger partial charge in [-0.15, -0.1) is 12.4 Å². The smallest absolute Gasteiger partial charge is 0.237 e. The van der Waals surface area contributed by atoms with Gasteiger partial charge in [0.25, 0.3) is 0 Å². The third kappa shape index (κ3) is 4.48. The highest BCUT2D eigenvalue weighted by Gasteiger charge is 2.19. The van der Waals surface area contributed by atoms with Crippen molar-refractivity contribution in [1.29, 1.82) is 0 Å². The number of halogens is 1. The van der Waals surface area contributed by atoms with Crippen molar-refractivity contribution in [3.8, 4) is 0 Å². The quantitative estimate of drug-likeness (QED) is 0.889. The Morgan fingerprint density at radius 3 is 2.57 bits per heavy atom. The zero-order valence-electron chi connectivity index (χ0n) is 12.6. The van der Waals surface area contributed by atoms with Crippen molar-refractivity contribution in [3.05, 3.63) is 36.1 Å². The lowest BCUT2D eigenvalue weighted by atomic mass is 10.0. The second kappa shape index (κ2) is 7.48. The van der Waals surface area contributed by atoms with Gasteiger partial charge in [0.1, 0.15) is 11.3 Å². The van der Waals surface area contributed by atoms with Crippen LogP contribution in [0.3, 0.4) is 0 Å². The van der Waals surface area contributed by atoms with Crippen LogP contribution in [0, 0.1) is 5.92 Å². The van der Waals surface area contributed by atoms with E-state index >= 15 is 0 Å². The van der Waals surface area contributed by atoms with Crippen LogP contribution >= 0.6 is 12.4 Å². The van der Waals surface area contributed by atoms with Crippen LogP contribution in [-0.4, -0.2) is 11.9 Å². The molecule has 0 radical (unpaired) electrons. The van der Waals surface area contributed by atoms with E-state index in [2.05, 4.69) is 19.2 Å². The van der Waals surface area contributed by atoms with E-state index < -0.39 is 6.04 Å². The fourth-order valence-electron chi connectivity index (χ4n) is 2.22. The molecule has 1 aromatic heterocycles. The van der Waals surface area contributed by atoms with Gasteiger partial charge in [-0.2, -0.15) is 0 Å². The Labute approximate surface area is 131 Å². The van der Waals surface area contributed by atoms with Gasteiger partial charge >= 0.3 is 0 Å². The normalized spacial score (nSPS) is 13.8. The Morgan fingerprint density at radius 2 is 1.95 bits per heavy atom. The molecule has 4 nitrogen and oxygen atoms in total. The van der Waals surface area contributed by atoms with E-state index in [0.717, 1.165) is 16.7 Å². The number of benzene rings is 1. The number of nitrogens with one attached hydrogen (secondary N) is 1. The van der Waals surface area contributed by atoms with Gasteiger partial charge < -0.3 is 15.5 Å². The first kappa shape index (κ1) is 17.5. The van der Waals surface area contributed by atoms with Gasteiger partial charge in [0.15, 0.2) is 0 Å². The highest BCUT2D eigenvalue weighted by atomic mass is 35.5. The minimum Gasteiger partial charge on any atom is -0.459 e. The maximum Gasteiger partial charge on any atom is 0.237 e. The topological polar surface area (TPSA) is 68.3 Å². The number of carbonyl (C=O) groups is 1. The summed E-state index contributed by atoms with van der Waals surface area (Å²) in [5.74, 6) is 1.01. The highest BCUT2D eigenvalue weighted by Crippen LogP contribution is 2.23. The lowest BCUT2D eigenvalue weighted by molar-refractivity contribution is -0.123. The van der Waals surface area contributed by atoms with Crippen LogP contribution < -0.4 is 11.1 Å². The fraction of sp³-hybridized carbons (Fsp3) is 0.438. The SMILES string of the molecule is CC(C)C[C@H](N)C(=O)NC(C)c1cc2ccccc2o1.Cl. The average molecular weight is 311 g/mol. The summed E-state index contributed by atoms with van der Waals surface area (Å²) in [7, 11) is 0. The molecule has 2 aromatic rings. The van der Waals surface area contributed by atoms with Crippen LogP contribution in [0.1, 0.15) is 39.0 Å². The van der Waals surface area contributed by atoms with Crippen molar-refractivity contribution in [2.45, 2.75) is 39.3 Å². The molecule has 1 heterocycles. The minimum absolute atomic E-state index is 0. The van der Waals surface area contributed by atoms with Crippen molar-refractivity contribution < 1.29 is 9.21 Å². The summed E-state index contributed by atoms with van der Waals surface area (Å²) in [6.07, 6.45) is 0.679. The summed E-state index contributed by atoms with van der Waals surface area (Å²) in [6.45, 7) is 6.00. The molecular formula is C16H23ClN2O2. The van der Waals surface area contributed by atoms with E-state index in [1.807, 2.05) is 37.3 Å². The number of carbonyl (C=O) groups excluding carboxylic acids is 1. The Hall–Kier alpha value is -1.52. The van der Waals surface area contributed by atoms with E-state index in [-0.39, 0.29) is 24.4 Å². The van der Waals surface area contributed by atoms with Gasteiger partial charge in [-0.25, -0.2) is 0 Å². The lowest BCUT2D eigenvalue weighted by Gasteiger charge is -2.17. The second-order valence-electron chi connectivity index (χ2n) is 5.65. The molecule has 0 aliphatic carbocycles. The molecule has 0 bridgehead atoms. The molecule has 0 aliphatic heterocycles. The van der Waals surface area contributed by atoms with E-state index in [9.17, 15) is 4.79 Å². The zero-order chi connectivity index (χ0) is 14.7. The van der Waals surface area contributed by atoms with Gasteiger partial charge in [0, 0.05) is 5.39 Å². The van der Waals surface area contributed by atoms with Gasteiger partial charge in [-0.3, -0.25) is 4.79 Å². The van der Waals surface area contributed by atoms with Gasteiger partial charge in [0.05, 0.1) is 12.1 Å². The zero-order valence-corrected chi connectivity index (χ0v) is 13.4. The molecule has 0 fully saturated rings. The molecule has 1 aromatic carbocycles. The van der Waals surface area contributed by atoms with Crippen LogP contribution in [-0.2, 0) is 4.79 Å². The Kier molecular flexibility index (Phi) is 6.24. The molecule has 116 valence electrons. The maximum absolute atomic E-state index is 12.0. The number of rotatable bonds is 5. The van der Waals surface area contributed by atoms with Gasteiger partial charge in [-0.05, 0) is 31.4 Å². The van der Waals surface area contributed by atoms with Crippen LogP contribution in [0.5, 0.6) is 0 Å². The van der Waals surface area contributed by atoms with E-state index in [0.29, 0.717) is 12.3 Å². The van der Waals surface area contributed by atoms with E-state index in [1.165, 1.54) is 0 Å².